The number of rotatable bonds is 5. The van der Waals surface area contributed by atoms with Crippen molar-refractivity contribution in [3.05, 3.63) is 30.2 Å². The molecular formula is C12H12F3N3OS. The number of aromatic nitrogens is 2. The average molecular weight is 303 g/mol. The van der Waals surface area contributed by atoms with Crippen LogP contribution in [0.15, 0.2) is 33.7 Å². The first-order chi connectivity index (χ1) is 9.48. The molecule has 20 heavy (non-hydrogen) atoms. The molecule has 2 aromatic rings. The summed E-state index contributed by atoms with van der Waals surface area (Å²) in [5.74, 6) is 0.486. The maximum Gasteiger partial charge on any atom is 0.401 e. The van der Waals surface area contributed by atoms with Crippen LogP contribution in [0.4, 0.5) is 13.2 Å². The number of hydrogen-bond donors (Lipinski definition) is 1. The molecule has 0 unspecified atom stereocenters. The zero-order valence-electron chi connectivity index (χ0n) is 10.6. The fourth-order valence-corrected chi connectivity index (χ4v) is 1.90. The van der Waals surface area contributed by atoms with Crippen LogP contribution in [0, 0.1) is 0 Å². The highest BCUT2D eigenvalue weighted by atomic mass is 32.2. The van der Waals surface area contributed by atoms with Gasteiger partial charge < -0.3 is 9.84 Å². The molecule has 1 aromatic carbocycles. The minimum atomic E-state index is -4.25. The zero-order valence-corrected chi connectivity index (χ0v) is 11.4. The maximum absolute atomic E-state index is 12.0. The number of thioether (sulfide) groups is 1. The van der Waals surface area contributed by atoms with Gasteiger partial charge in [0, 0.05) is 10.5 Å². The minimum Gasteiger partial charge on any atom is -0.338 e. The monoisotopic (exact) mass is 303 g/mol. The molecule has 0 atom stereocenters. The molecule has 0 aliphatic heterocycles. The van der Waals surface area contributed by atoms with Crippen molar-refractivity contribution in [2.75, 3.05) is 12.8 Å². The summed E-state index contributed by atoms with van der Waals surface area (Å²) in [7, 11) is 0. The number of benzene rings is 1. The van der Waals surface area contributed by atoms with Gasteiger partial charge in [-0.1, -0.05) is 5.16 Å². The summed E-state index contributed by atoms with van der Waals surface area (Å²) < 4.78 is 40.8. The second-order valence-corrected chi connectivity index (χ2v) is 4.84. The van der Waals surface area contributed by atoms with E-state index in [0.717, 1.165) is 10.5 Å². The number of nitrogens with one attached hydrogen (secondary N) is 1. The Labute approximate surface area is 117 Å². The van der Waals surface area contributed by atoms with Crippen molar-refractivity contribution in [2.24, 2.45) is 0 Å². The molecule has 0 spiro atoms. The lowest BCUT2D eigenvalue weighted by molar-refractivity contribution is -0.125. The molecule has 8 heteroatoms. The minimum absolute atomic E-state index is 0.116. The van der Waals surface area contributed by atoms with Crippen LogP contribution in [0.5, 0.6) is 0 Å². The highest BCUT2D eigenvalue weighted by Gasteiger charge is 2.26. The molecule has 0 saturated heterocycles. The van der Waals surface area contributed by atoms with Crippen molar-refractivity contribution < 1.29 is 17.7 Å². The summed E-state index contributed by atoms with van der Waals surface area (Å²) in [6.45, 7) is -1.21. The van der Waals surface area contributed by atoms with E-state index < -0.39 is 12.7 Å². The summed E-state index contributed by atoms with van der Waals surface area (Å²) >= 11 is 1.61. The SMILES string of the molecule is CSc1ccc(-c2noc(CNCC(F)(F)F)n2)cc1. The zero-order chi connectivity index (χ0) is 14.6. The number of alkyl halides is 3. The van der Waals surface area contributed by atoms with Crippen LogP contribution in [0.25, 0.3) is 11.4 Å². The molecule has 0 radical (unpaired) electrons. The van der Waals surface area contributed by atoms with Gasteiger partial charge in [0.25, 0.3) is 0 Å². The second-order valence-electron chi connectivity index (χ2n) is 3.96. The van der Waals surface area contributed by atoms with Crippen molar-refractivity contribution in [2.45, 2.75) is 17.6 Å². The summed E-state index contributed by atoms with van der Waals surface area (Å²) in [5.41, 5.74) is 0.758. The van der Waals surface area contributed by atoms with Crippen LogP contribution in [0.1, 0.15) is 5.89 Å². The topological polar surface area (TPSA) is 51.0 Å². The molecule has 1 heterocycles. The molecule has 0 saturated carbocycles. The first-order valence-corrected chi connectivity index (χ1v) is 6.95. The molecule has 1 N–H and O–H groups in total. The van der Waals surface area contributed by atoms with Gasteiger partial charge in [0.2, 0.25) is 11.7 Å². The van der Waals surface area contributed by atoms with Crippen molar-refractivity contribution >= 4 is 11.8 Å². The second kappa shape index (κ2) is 6.27. The summed E-state index contributed by atoms with van der Waals surface area (Å²) in [6, 6.07) is 7.50. The van der Waals surface area contributed by atoms with E-state index in [4.69, 9.17) is 4.52 Å². The Bertz CT molecular complexity index is 554. The Hall–Kier alpha value is -1.54. The molecule has 108 valence electrons. The highest BCUT2D eigenvalue weighted by molar-refractivity contribution is 7.98. The normalized spacial score (nSPS) is 11.8. The molecule has 0 amide bonds. The summed E-state index contributed by atoms with van der Waals surface area (Å²) in [4.78, 5) is 5.14. The Kier molecular flexibility index (Phi) is 4.66. The number of halogens is 3. The van der Waals surface area contributed by atoms with E-state index in [9.17, 15) is 13.2 Å². The molecule has 4 nitrogen and oxygen atoms in total. The third-order valence-corrected chi connectivity index (χ3v) is 3.16. The summed E-state index contributed by atoms with van der Waals surface area (Å²) in [6.07, 6.45) is -2.29. The van der Waals surface area contributed by atoms with E-state index in [1.807, 2.05) is 30.5 Å². The first kappa shape index (κ1) is 14.9. The van der Waals surface area contributed by atoms with Crippen LogP contribution in [0.2, 0.25) is 0 Å². The lowest BCUT2D eigenvalue weighted by atomic mass is 10.2. The molecular weight excluding hydrogens is 291 g/mol. The van der Waals surface area contributed by atoms with Gasteiger partial charge >= 0.3 is 6.18 Å². The maximum atomic E-state index is 12.0. The Balaban J connectivity index is 1.97. The number of nitrogens with zero attached hydrogens (tertiary/aromatic N) is 2. The summed E-state index contributed by atoms with van der Waals surface area (Å²) in [5, 5.41) is 5.94. The lowest BCUT2D eigenvalue weighted by Crippen LogP contribution is -2.28. The first-order valence-electron chi connectivity index (χ1n) is 5.72. The molecule has 0 fully saturated rings. The molecule has 1 aromatic heterocycles. The van der Waals surface area contributed by atoms with Gasteiger partial charge in [-0.2, -0.15) is 18.2 Å². The third-order valence-electron chi connectivity index (χ3n) is 2.42. The average Bonchev–Trinajstić information content (AvgIpc) is 2.86. The van der Waals surface area contributed by atoms with Crippen LogP contribution in [-0.2, 0) is 6.54 Å². The van der Waals surface area contributed by atoms with Crippen molar-refractivity contribution in [3.8, 4) is 11.4 Å². The van der Waals surface area contributed by atoms with Gasteiger partial charge in [0.15, 0.2) is 0 Å². The van der Waals surface area contributed by atoms with Gasteiger partial charge in [0.1, 0.15) is 0 Å². The van der Waals surface area contributed by atoms with Gasteiger partial charge in [-0.05, 0) is 30.5 Å². The van der Waals surface area contributed by atoms with Gasteiger partial charge in [-0.25, -0.2) is 0 Å². The van der Waals surface area contributed by atoms with Crippen molar-refractivity contribution in [1.82, 2.24) is 15.5 Å². The number of hydrogen-bond acceptors (Lipinski definition) is 5. The molecule has 0 bridgehead atoms. The van der Waals surface area contributed by atoms with Crippen LogP contribution < -0.4 is 5.32 Å². The smallest absolute Gasteiger partial charge is 0.338 e. The van der Waals surface area contributed by atoms with Crippen molar-refractivity contribution in [3.63, 3.8) is 0 Å². The third kappa shape index (κ3) is 4.24. The fraction of sp³-hybridized carbons (Fsp3) is 0.333. The Morgan fingerprint density at radius 3 is 2.55 bits per heavy atom. The van der Waals surface area contributed by atoms with Gasteiger partial charge in [-0.3, -0.25) is 0 Å². The quantitative estimate of drug-likeness (QED) is 0.860. The van der Waals surface area contributed by atoms with E-state index in [1.54, 1.807) is 11.8 Å². The predicted molar refractivity (Wildman–Crippen MR) is 69.3 cm³/mol. The van der Waals surface area contributed by atoms with Crippen LogP contribution >= 0.6 is 11.8 Å². The van der Waals surface area contributed by atoms with E-state index in [2.05, 4.69) is 15.5 Å². The largest absolute Gasteiger partial charge is 0.401 e. The van der Waals surface area contributed by atoms with Gasteiger partial charge in [0.05, 0.1) is 13.1 Å². The van der Waals surface area contributed by atoms with E-state index in [1.165, 1.54) is 0 Å². The molecule has 0 aliphatic rings. The molecule has 0 aliphatic carbocycles. The van der Waals surface area contributed by atoms with Crippen molar-refractivity contribution in [1.29, 1.82) is 0 Å². The van der Waals surface area contributed by atoms with Gasteiger partial charge in [-0.15, -0.1) is 11.8 Å². The van der Waals surface area contributed by atoms with E-state index in [-0.39, 0.29) is 12.4 Å². The predicted octanol–water partition coefficient (Wildman–Crippen LogP) is 3.11. The standard InChI is InChI=1S/C12H12F3N3OS/c1-20-9-4-2-8(3-5-9)11-17-10(19-18-11)6-16-7-12(13,14)15/h2-5,16H,6-7H2,1H3. The lowest BCUT2D eigenvalue weighted by Gasteiger charge is -2.05. The van der Waals surface area contributed by atoms with Crippen LogP contribution in [0.3, 0.4) is 0 Å². The highest BCUT2D eigenvalue weighted by Crippen LogP contribution is 2.21. The fourth-order valence-electron chi connectivity index (χ4n) is 1.50. The Morgan fingerprint density at radius 1 is 1.25 bits per heavy atom. The van der Waals surface area contributed by atoms with E-state index in [0.29, 0.717) is 5.82 Å². The van der Waals surface area contributed by atoms with Crippen LogP contribution in [-0.4, -0.2) is 29.1 Å². The van der Waals surface area contributed by atoms with E-state index >= 15 is 0 Å². The molecule has 2 rings (SSSR count). The Morgan fingerprint density at radius 2 is 1.95 bits per heavy atom.